The molecule has 0 radical (unpaired) electrons. The molecular formula is C11H13F3N2O. The summed E-state index contributed by atoms with van der Waals surface area (Å²) in [6.07, 6.45) is -4.39. The molecule has 0 heterocycles. The Morgan fingerprint density at radius 1 is 1.41 bits per heavy atom. The van der Waals surface area contributed by atoms with Gasteiger partial charge in [0.1, 0.15) is 6.54 Å². The van der Waals surface area contributed by atoms with Gasteiger partial charge in [-0.2, -0.15) is 13.2 Å². The molecule has 0 aliphatic rings. The molecule has 1 aromatic rings. The van der Waals surface area contributed by atoms with E-state index in [0.29, 0.717) is 10.5 Å². The van der Waals surface area contributed by atoms with Gasteiger partial charge < -0.3 is 10.6 Å². The number of nitrogens with zero attached hydrogens (tertiary/aromatic N) is 1. The standard InChI is InChI=1S/C11H13F3N2O/c1-16(7-11(12,13)14)10(17)9-4-2-3-8(5-9)6-15/h2-5H,6-7,15H2,1H3. The average molecular weight is 246 g/mol. The maximum absolute atomic E-state index is 12.1. The molecule has 0 aliphatic heterocycles. The molecule has 2 N–H and O–H groups in total. The third-order valence-corrected chi connectivity index (χ3v) is 2.17. The molecule has 0 aliphatic carbocycles. The molecule has 1 aromatic carbocycles. The molecule has 0 unspecified atom stereocenters. The molecule has 17 heavy (non-hydrogen) atoms. The highest BCUT2D eigenvalue weighted by Crippen LogP contribution is 2.17. The lowest BCUT2D eigenvalue weighted by molar-refractivity contribution is -0.138. The van der Waals surface area contributed by atoms with Crippen molar-refractivity contribution in [1.29, 1.82) is 0 Å². The van der Waals surface area contributed by atoms with E-state index in [4.69, 9.17) is 5.73 Å². The number of alkyl halides is 3. The largest absolute Gasteiger partial charge is 0.406 e. The van der Waals surface area contributed by atoms with Crippen molar-refractivity contribution in [3.8, 4) is 0 Å². The highest BCUT2D eigenvalue weighted by atomic mass is 19.4. The Labute approximate surface area is 97.0 Å². The van der Waals surface area contributed by atoms with Gasteiger partial charge in [0, 0.05) is 19.2 Å². The predicted molar refractivity (Wildman–Crippen MR) is 57.3 cm³/mol. The van der Waals surface area contributed by atoms with E-state index in [-0.39, 0.29) is 12.1 Å². The van der Waals surface area contributed by atoms with Gasteiger partial charge in [0.15, 0.2) is 0 Å². The Hall–Kier alpha value is -1.56. The van der Waals surface area contributed by atoms with Crippen molar-refractivity contribution in [2.45, 2.75) is 12.7 Å². The number of amides is 1. The van der Waals surface area contributed by atoms with Crippen LogP contribution in [0.25, 0.3) is 0 Å². The molecule has 0 aromatic heterocycles. The van der Waals surface area contributed by atoms with Gasteiger partial charge >= 0.3 is 6.18 Å². The first-order valence-corrected chi connectivity index (χ1v) is 4.94. The maximum atomic E-state index is 12.1. The van der Waals surface area contributed by atoms with Gasteiger partial charge in [-0.05, 0) is 17.7 Å². The fourth-order valence-electron chi connectivity index (χ4n) is 1.39. The Balaban J connectivity index is 2.81. The number of rotatable bonds is 3. The van der Waals surface area contributed by atoms with Crippen LogP contribution in [0.1, 0.15) is 15.9 Å². The smallest absolute Gasteiger partial charge is 0.333 e. The lowest BCUT2D eigenvalue weighted by atomic mass is 10.1. The summed E-state index contributed by atoms with van der Waals surface area (Å²) in [5.41, 5.74) is 6.30. The van der Waals surface area contributed by atoms with Gasteiger partial charge in [-0.3, -0.25) is 4.79 Å². The van der Waals surface area contributed by atoms with Crippen LogP contribution in [0.15, 0.2) is 24.3 Å². The van der Waals surface area contributed by atoms with E-state index < -0.39 is 18.6 Å². The molecular weight excluding hydrogens is 233 g/mol. The summed E-state index contributed by atoms with van der Waals surface area (Å²) < 4.78 is 36.3. The molecule has 0 fully saturated rings. The number of nitrogens with two attached hydrogens (primary N) is 1. The van der Waals surface area contributed by atoms with Crippen LogP contribution in [0.3, 0.4) is 0 Å². The van der Waals surface area contributed by atoms with Gasteiger partial charge in [-0.25, -0.2) is 0 Å². The van der Waals surface area contributed by atoms with Crippen LogP contribution in [0.4, 0.5) is 13.2 Å². The molecule has 94 valence electrons. The van der Waals surface area contributed by atoms with Gasteiger partial charge in [-0.15, -0.1) is 0 Å². The van der Waals surface area contributed by atoms with Crippen molar-refractivity contribution in [2.75, 3.05) is 13.6 Å². The number of hydrogen-bond acceptors (Lipinski definition) is 2. The number of benzene rings is 1. The predicted octanol–water partition coefficient (Wildman–Crippen LogP) is 1.78. The van der Waals surface area contributed by atoms with Crippen molar-refractivity contribution >= 4 is 5.91 Å². The van der Waals surface area contributed by atoms with Gasteiger partial charge in [0.25, 0.3) is 5.91 Å². The van der Waals surface area contributed by atoms with E-state index in [1.165, 1.54) is 12.1 Å². The zero-order valence-electron chi connectivity index (χ0n) is 9.29. The summed E-state index contributed by atoms with van der Waals surface area (Å²) in [5, 5.41) is 0. The zero-order chi connectivity index (χ0) is 13.1. The molecule has 0 bridgehead atoms. The SMILES string of the molecule is CN(CC(F)(F)F)C(=O)c1cccc(CN)c1. The fourth-order valence-corrected chi connectivity index (χ4v) is 1.39. The van der Waals surface area contributed by atoms with Crippen LogP contribution in [0.5, 0.6) is 0 Å². The molecule has 0 saturated carbocycles. The van der Waals surface area contributed by atoms with Gasteiger partial charge in [-0.1, -0.05) is 12.1 Å². The van der Waals surface area contributed by atoms with E-state index in [9.17, 15) is 18.0 Å². The molecule has 0 atom stereocenters. The van der Waals surface area contributed by atoms with Crippen LogP contribution < -0.4 is 5.73 Å². The first kappa shape index (κ1) is 13.5. The second-order valence-corrected chi connectivity index (χ2v) is 3.68. The van der Waals surface area contributed by atoms with Gasteiger partial charge in [0.2, 0.25) is 0 Å². The third-order valence-electron chi connectivity index (χ3n) is 2.17. The van der Waals surface area contributed by atoms with Crippen molar-refractivity contribution in [3.63, 3.8) is 0 Å². The molecule has 1 amide bonds. The Morgan fingerprint density at radius 3 is 2.59 bits per heavy atom. The molecule has 1 rings (SSSR count). The Kier molecular flexibility index (Phi) is 4.11. The lowest BCUT2D eigenvalue weighted by Crippen LogP contribution is -2.35. The van der Waals surface area contributed by atoms with E-state index in [2.05, 4.69) is 0 Å². The minimum Gasteiger partial charge on any atom is -0.333 e. The quantitative estimate of drug-likeness (QED) is 0.883. The van der Waals surface area contributed by atoms with Crippen molar-refractivity contribution < 1.29 is 18.0 Å². The van der Waals surface area contributed by atoms with Crippen LogP contribution >= 0.6 is 0 Å². The summed E-state index contributed by atoms with van der Waals surface area (Å²) in [6.45, 7) is -1.03. The maximum Gasteiger partial charge on any atom is 0.406 e. The number of carbonyl (C=O) groups is 1. The molecule has 0 spiro atoms. The number of hydrogen-bond donors (Lipinski definition) is 1. The van der Waals surface area contributed by atoms with E-state index in [0.717, 1.165) is 7.05 Å². The summed E-state index contributed by atoms with van der Waals surface area (Å²) in [5.74, 6) is -0.669. The van der Waals surface area contributed by atoms with Crippen molar-refractivity contribution in [2.24, 2.45) is 5.73 Å². The number of halogens is 3. The molecule has 0 saturated heterocycles. The Bertz CT molecular complexity index is 404. The first-order chi connectivity index (χ1) is 7.83. The number of carbonyl (C=O) groups excluding carboxylic acids is 1. The highest BCUT2D eigenvalue weighted by molar-refractivity contribution is 5.94. The normalized spacial score (nSPS) is 11.4. The van der Waals surface area contributed by atoms with Crippen LogP contribution in [0.2, 0.25) is 0 Å². The second-order valence-electron chi connectivity index (χ2n) is 3.68. The van der Waals surface area contributed by atoms with Crippen molar-refractivity contribution in [1.82, 2.24) is 4.90 Å². The molecule has 6 heteroatoms. The Morgan fingerprint density at radius 2 is 2.06 bits per heavy atom. The summed E-state index contributed by atoms with van der Waals surface area (Å²) >= 11 is 0. The topological polar surface area (TPSA) is 46.3 Å². The summed E-state index contributed by atoms with van der Waals surface area (Å²) in [6, 6.07) is 6.26. The molecule has 3 nitrogen and oxygen atoms in total. The fraction of sp³-hybridized carbons (Fsp3) is 0.364. The summed E-state index contributed by atoms with van der Waals surface area (Å²) in [7, 11) is 1.12. The van der Waals surface area contributed by atoms with Crippen LogP contribution in [0, 0.1) is 0 Å². The van der Waals surface area contributed by atoms with Gasteiger partial charge in [0.05, 0.1) is 0 Å². The summed E-state index contributed by atoms with van der Waals surface area (Å²) in [4.78, 5) is 12.3. The zero-order valence-corrected chi connectivity index (χ0v) is 9.29. The van der Waals surface area contributed by atoms with Crippen molar-refractivity contribution in [3.05, 3.63) is 35.4 Å². The third kappa shape index (κ3) is 4.07. The van der Waals surface area contributed by atoms with E-state index >= 15 is 0 Å². The first-order valence-electron chi connectivity index (χ1n) is 4.94. The monoisotopic (exact) mass is 246 g/mol. The minimum atomic E-state index is -4.39. The lowest BCUT2D eigenvalue weighted by Gasteiger charge is -2.19. The highest BCUT2D eigenvalue weighted by Gasteiger charge is 2.31. The van der Waals surface area contributed by atoms with Crippen LogP contribution in [-0.4, -0.2) is 30.6 Å². The second kappa shape index (κ2) is 5.18. The van der Waals surface area contributed by atoms with Crippen LogP contribution in [-0.2, 0) is 6.54 Å². The minimum absolute atomic E-state index is 0.208. The van der Waals surface area contributed by atoms with E-state index in [1.54, 1.807) is 12.1 Å². The average Bonchev–Trinajstić information content (AvgIpc) is 2.26. The van der Waals surface area contributed by atoms with E-state index in [1.807, 2.05) is 0 Å².